The lowest BCUT2D eigenvalue weighted by Gasteiger charge is -2.05. The number of sulfonamides is 1. The van der Waals surface area contributed by atoms with Gasteiger partial charge in [0.05, 0.1) is 4.90 Å². The largest absolute Gasteiger partial charge is 0.457 e. The van der Waals surface area contributed by atoms with Crippen LogP contribution in [-0.4, -0.2) is 14.3 Å². The van der Waals surface area contributed by atoms with Crippen molar-refractivity contribution in [2.75, 3.05) is 5.32 Å². The number of halogens is 1. The summed E-state index contributed by atoms with van der Waals surface area (Å²) in [6.07, 6.45) is 1.26. The lowest BCUT2D eigenvalue weighted by atomic mass is 10.2. The van der Waals surface area contributed by atoms with E-state index in [1.165, 1.54) is 42.5 Å². The predicted octanol–water partition coefficient (Wildman–Crippen LogP) is 3.28. The summed E-state index contributed by atoms with van der Waals surface area (Å²) in [6.45, 7) is 0. The van der Waals surface area contributed by atoms with Crippen LogP contribution in [0, 0.1) is 17.1 Å². The zero-order valence-corrected chi connectivity index (χ0v) is 15.6. The molecule has 0 bridgehead atoms. The molecule has 0 aliphatic rings. The summed E-state index contributed by atoms with van der Waals surface area (Å²) in [5, 5.41) is 16.8. The fraction of sp³-hybridized carbons (Fsp3) is 0. The molecule has 0 atom stereocenters. The summed E-state index contributed by atoms with van der Waals surface area (Å²) < 4.78 is 41.1. The molecule has 0 unspecified atom stereocenters. The predicted molar refractivity (Wildman–Crippen MR) is 104 cm³/mol. The SMILES string of the molecule is N#C/C(=C\c1ccc(-c2ccc(F)cc2)o1)C(=O)Nc1ccc(S(N)(=O)=O)cc1. The lowest BCUT2D eigenvalue weighted by molar-refractivity contribution is -0.112. The number of nitrogens with one attached hydrogen (secondary N) is 1. The highest BCUT2D eigenvalue weighted by molar-refractivity contribution is 7.89. The van der Waals surface area contributed by atoms with Crippen LogP contribution in [0.4, 0.5) is 10.1 Å². The standard InChI is InChI=1S/C20H14FN3O4S/c21-15-3-1-13(2-4-15)19-10-7-17(28-19)11-14(12-22)20(25)24-16-5-8-18(9-6-16)29(23,26)27/h1-11H,(H,24,25)(H2,23,26,27)/b14-11+. The first-order valence-corrected chi connectivity index (χ1v) is 9.73. The molecule has 3 rings (SSSR count). The molecule has 29 heavy (non-hydrogen) atoms. The van der Waals surface area contributed by atoms with Crippen molar-refractivity contribution in [1.82, 2.24) is 0 Å². The number of anilines is 1. The van der Waals surface area contributed by atoms with Gasteiger partial charge in [-0.1, -0.05) is 0 Å². The molecule has 0 spiro atoms. The van der Waals surface area contributed by atoms with Crippen LogP contribution < -0.4 is 10.5 Å². The molecule has 0 aliphatic heterocycles. The van der Waals surface area contributed by atoms with Crippen LogP contribution in [-0.2, 0) is 14.8 Å². The second-order valence-electron chi connectivity index (χ2n) is 5.90. The van der Waals surface area contributed by atoms with Crippen molar-refractivity contribution in [3.8, 4) is 17.4 Å². The molecule has 1 aromatic heterocycles. The molecular weight excluding hydrogens is 397 g/mol. The molecule has 2 aromatic carbocycles. The van der Waals surface area contributed by atoms with Gasteiger partial charge in [-0.05, 0) is 60.7 Å². The van der Waals surface area contributed by atoms with Gasteiger partial charge >= 0.3 is 0 Å². The van der Waals surface area contributed by atoms with Crippen molar-refractivity contribution < 1.29 is 22.0 Å². The first-order valence-electron chi connectivity index (χ1n) is 8.18. The molecular formula is C20H14FN3O4S. The maximum absolute atomic E-state index is 13.0. The van der Waals surface area contributed by atoms with Gasteiger partial charge in [-0.15, -0.1) is 0 Å². The highest BCUT2D eigenvalue weighted by atomic mass is 32.2. The Kier molecular flexibility index (Phi) is 5.59. The lowest BCUT2D eigenvalue weighted by Crippen LogP contribution is -2.14. The number of hydrogen-bond donors (Lipinski definition) is 2. The van der Waals surface area contributed by atoms with Crippen LogP contribution >= 0.6 is 0 Å². The normalized spacial score (nSPS) is 11.7. The van der Waals surface area contributed by atoms with Crippen molar-refractivity contribution in [1.29, 1.82) is 5.26 Å². The highest BCUT2D eigenvalue weighted by Gasteiger charge is 2.13. The minimum absolute atomic E-state index is 0.101. The fourth-order valence-electron chi connectivity index (χ4n) is 2.42. The van der Waals surface area contributed by atoms with E-state index in [0.717, 1.165) is 0 Å². The molecule has 7 nitrogen and oxygen atoms in total. The van der Waals surface area contributed by atoms with Crippen molar-refractivity contribution >= 4 is 27.7 Å². The quantitative estimate of drug-likeness (QED) is 0.492. The number of carbonyl (C=O) groups excluding carboxylic acids is 1. The number of amides is 1. The number of rotatable bonds is 5. The van der Waals surface area contributed by atoms with Gasteiger partial charge in [0.25, 0.3) is 5.91 Å². The van der Waals surface area contributed by atoms with Gasteiger partial charge in [-0.3, -0.25) is 4.79 Å². The molecule has 0 saturated carbocycles. The van der Waals surface area contributed by atoms with E-state index in [9.17, 15) is 22.9 Å². The van der Waals surface area contributed by atoms with E-state index in [1.807, 2.05) is 0 Å². The van der Waals surface area contributed by atoms with Crippen LogP contribution in [0.5, 0.6) is 0 Å². The summed E-state index contributed by atoms with van der Waals surface area (Å²) in [6, 6.07) is 15.9. The number of hydrogen-bond acceptors (Lipinski definition) is 5. The monoisotopic (exact) mass is 411 g/mol. The Labute approximate surface area is 165 Å². The van der Waals surface area contributed by atoms with Crippen molar-refractivity contribution in [3.05, 3.63) is 77.8 Å². The average Bonchev–Trinajstić information content (AvgIpc) is 3.15. The number of primary sulfonamides is 1. The third kappa shape index (κ3) is 4.95. The Morgan fingerprint density at radius 3 is 2.31 bits per heavy atom. The smallest absolute Gasteiger partial charge is 0.266 e. The van der Waals surface area contributed by atoms with E-state index in [2.05, 4.69) is 5.32 Å². The Morgan fingerprint density at radius 2 is 1.72 bits per heavy atom. The van der Waals surface area contributed by atoms with E-state index in [-0.39, 0.29) is 27.7 Å². The Hall–Kier alpha value is -3.74. The van der Waals surface area contributed by atoms with Gasteiger partial charge in [-0.2, -0.15) is 5.26 Å². The fourth-order valence-corrected chi connectivity index (χ4v) is 2.93. The zero-order chi connectivity index (χ0) is 21.0. The van der Waals surface area contributed by atoms with E-state index in [0.29, 0.717) is 11.3 Å². The van der Waals surface area contributed by atoms with Crippen molar-refractivity contribution in [2.45, 2.75) is 4.90 Å². The molecule has 3 N–H and O–H groups in total. The minimum atomic E-state index is -3.84. The molecule has 1 heterocycles. The van der Waals surface area contributed by atoms with Crippen LogP contribution in [0.15, 0.2) is 75.5 Å². The number of nitriles is 1. The number of carbonyl (C=O) groups is 1. The summed E-state index contributed by atoms with van der Waals surface area (Å²) in [4.78, 5) is 12.2. The molecule has 0 fully saturated rings. The van der Waals surface area contributed by atoms with Gasteiger partial charge in [0.2, 0.25) is 10.0 Å². The molecule has 1 amide bonds. The van der Waals surface area contributed by atoms with Crippen molar-refractivity contribution in [2.24, 2.45) is 5.14 Å². The van der Waals surface area contributed by atoms with Crippen molar-refractivity contribution in [3.63, 3.8) is 0 Å². The third-order valence-electron chi connectivity index (χ3n) is 3.85. The third-order valence-corrected chi connectivity index (χ3v) is 4.78. The maximum Gasteiger partial charge on any atom is 0.266 e. The molecule has 9 heteroatoms. The first-order chi connectivity index (χ1) is 13.8. The van der Waals surface area contributed by atoms with Gasteiger partial charge in [0.1, 0.15) is 29.0 Å². The average molecular weight is 411 g/mol. The Balaban J connectivity index is 1.77. The van der Waals surface area contributed by atoms with Crippen LogP contribution in [0.2, 0.25) is 0 Å². The van der Waals surface area contributed by atoms with Gasteiger partial charge in [-0.25, -0.2) is 17.9 Å². The molecule has 146 valence electrons. The number of furan rings is 1. The summed E-state index contributed by atoms with van der Waals surface area (Å²) in [5.41, 5.74) is 0.708. The Morgan fingerprint density at radius 1 is 1.07 bits per heavy atom. The summed E-state index contributed by atoms with van der Waals surface area (Å²) in [5.74, 6) is -0.357. The molecule has 3 aromatic rings. The minimum Gasteiger partial charge on any atom is -0.457 e. The molecule has 0 aliphatic carbocycles. The maximum atomic E-state index is 13.0. The molecule has 0 radical (unpaired) electrons. The number of nitrogens with zero attached hydrogens (tertiary/aromatic N) is 1. The first kappa shape index (κ1) is 20.0. The van der Waals surface area contributed by atoms with Gasteiger partial charge in [0.15, 0.2) is 0 Å². The van der Waals surface area contributed by atoms with Crippen LogP contribution in [0.1, 0.15) is 5.76 Å². The summed E-state index contributed by atoms with van der Waals surface area (Å²) in [7, 11) is -3.84. The molecule has 0 saturated heterocycles. The van der Waals surface area contributed by atoms with Gasteiger partial charge < -0.3 is 9.73 Å². The second-order valence-corrected chi connectivity index (χ2v) is 7.46. The topological polar surface area (TPSA) is 126 Å². The van der Waals surface area contributed by atoms with Crippen LogP contribution in [0.25, 0.3) is 17.4 Å². The van der Waals surface area contributed by atoms with E-state index in [1.54, 1.807) is 30.3 Å². The summed E-state index contributed by atoms with van der Waals surface area (Å²) >= 11 is 0. The van der Waals surface area contributed by atoms with E-state index in [4.69, 9.17) is 9.56 Å². The second kappa shape index (κ2) is 8.10. The number of nitrogens with two attached hydrogens (primary N) is 1. The number of benzene rings is 2. The van der Waals surface area contributed by atoms with E-state index < -0.39 is 15.9 Å². The van der Waals surface area contributed by atoms with Gasteiger partial charge in [0, 0.05) is 17.3 Å². The van der Waals surface area contributed by atoms with Crippen LogP contribution in [0.3, 0.4) is 0 Å². The zero-order valence-electron chi connectivity index (χ0n) is 14.8. The highest BCUT2D eigenvalue weighted by Crippen LogP contribution is 2.24. The van der Waals surface area contributed by atoms with E-state index >= 15 is 0 Å². The Bertz CT molecular complexity index is 1220.